The number of piperidine rings is 1. The molecule has 2 aliphatic heterocycles. The van der Waals surface area contributed by atoms with Crippen LogP contribution < -0.4 is 0 Å². The molecule has 2 heterocycles. The number of rotatable bonds is 3. The van der Waals surface area contributed by atoms with Crippen molar-refractivity contribution in [3.8, 4) is 0 Å². The largest absolute Gasteiger partial charge is 0.480 e. The number of nitrogens with zero attached hydrogens (tertiary/aromatic N) is 1. The smallest absolute Gasteiger partial charge is 0.320 e. The Labute approximate surface area is 118 Å². The summed E-state index contributed by atoms with van der Waals surface area (Å²) in [5.74, 6) is -0.653. The van der Waals surface area contributed by atoms with Crippen LogP contribution in [0.2, 0.25) is 0 Å². The summed E-state index contributed by atoms with van der Waals surface area (Å²) in [7, 11) is 0. The molecule has 0 radical (unpaired) electrons. The van der Waals surface area contributed by atoms with Crippen molar-refractivity contribution in [3.63, 3.8) is 0 Å². The zero-order valence-electron chi connectivity index (χ0n) is 10.9. The lowest BCUT2D eigenvalue weighted by Gasteiger charge is -2.34. The molecule has 1 saturated heterocycles. The molecule has 1 fully saturated rings. The van der Waals surface area contributed by atoms with Gasteiger partial charge in [0.05, 0.1) is 0 Å². The fourth-order valence-corrected chi connectivity index (χ4v) is 4.45. The second-order valence-corrected chi connectivity index (χ2v) is 6.74. The lowest BCUT2D eigenvalue weighted by Crippen LogP contribution is -2.47. The average molecular weight is 277 g/mol. The number of hydrogen-bond donors (Lipinski definition) is 1. The summed E-state index contributed by atoms with van der Waals surface area (Å²) >= 11 is 1.91. The molecule has 3 rings (SSSR count). The van der Waals surface area contributed by atoms with Crippen LogP contribution in [-0.2, 0) is 11.2 Å². The summed E-state index contributed by atoms with van der Waals surface area (Å²) in [6, 6.07) is 8.26. The van der Waals surface area contributed by atoms with Gasteiger partial charge in [-0.1, -0.05) is 24.6 Å². The number of hydrogen-bond acceptors (Lipinski definition) is 3. The van der Waals surface area contributed by atoms with Gasteiger partial charge in [0.15, 0.2) is 0 Å². The van der Waals surface area contributed by atoms with E-state index in [9.17, 15) is 9.90 Å². The van der Waals surface area contributed by atoms with Crippen LogP contribution in [0.25, 0.3) is 0 Å². The van der Waals surface area contributed by atoms with E-state index in [1.54, 1.807) is 0 Å². The quantitative estimate of drug-likeness (QED) is 0.922. The van der Waals surface area contributed by atoms with Gasteiger partial charge in [-0.25, -0.2) is 0 Å². The SMILES string of the molecule is O=C(O)C1CCCCN1CC1Cc2ccccc2S1. The summed E-state index contributed by atoms with van der Waals surface area (Å²) in [5.41, 5.74) is 1.42. The van der Waals surface area contributed by atoms with Crippen molar-refractivity contribution in [2.45, 2.75) is 41.9 Å². The highest BCUT2D eigenvalue weighted by atomic mass is 32.2. The number of carbonyl (C=O) groups is 1. The van der Waals surface area contributed by atoms with Crippen LogP contribution in [0.5, 0.6) is 0 Å². The zero-order chi connectivity index (χ0) is 13.2. The molecule has 1 aromatic carbocycles. The molecular weight excluding hydrogens is 258 g/mol. The second-order valence-electron chi connectivity index (χ2n) is 5.40. The maximum atomic E-state index is 11.3. The maximum absolute atomic E-state index is 11.3. The molecule has 0 amide bonds. The first-order valence-electron chi connectivity index (χ1n) is 6.95. The predicted octanol–water partition coefficient (Wildman–Crippen LogP) is 2.64. The van der Waals surface area contributed by atoms with E-state index in [1.807, 2.05) is 11.8 Å². The molecule has 102 valence electrons. The Balaban J connectivity index is 1.64. The summed E-state index contributed by atoms with van der Waals surface area (Å²) < 4.78 is 0. The second kappa shape index (κ2) is 5.55. The molecule has 4 heteroatoms. The first-order valence-corrected chi connectivity index (χ1v) is 7.83. The fourth-order valence-electron chi connectivity index (χ4n) is 3.11. The van der Waals surface area contributed by atoms with Gasteiger partial charge >= 0.3 is 5.97 Å². The molecule has 0 aromatic heterocycles. The first-order chi connectivity index (χ1) is 9.24. The van der Waals surface area contributed by atoms with Gasteiger partial charge < -0.3 is 5.11 Å². The fraction of sp³-hybridized carbons (Fsp3) is 0.533. The van der Waals surface area contributed by atoms with E-state index in [1.165, 1.54) is 10.5 Å². The Kier molecular flexibility index (Phi) is 3.80. The normalized spacial score (nSPS) is 27.2. The van der Waals surface area contributed by atoms with E-state index >= 15 is 0 Å². The van der Waals surface area contributed by atoms with Crippen LogP contribution in [0.15, 0.2) is 29.2 Å². The topological polar surface area (TPSA) is 40.5 Å². The van der Waals surface area contributed by atoms with Gasteiger partial charge in [0.1, 0.15) is 6.04 Å². The monoisotopic (exact) mass is 277 g/mol. The van der Waals surface area contributed by atoms with E-state index in [2.05, 4.69) is 29.2 Å². The van der Waals surface area contributed by atoms with Crippen molar-refractivity contribution in [1.82, 2.24) is 4.90 Å². The van der Waals surface area contributed by atoms with Crippen LogP contribution in [0.4, 0.5) is 0 Å². The maximum Gasteiger partial charge on any atom is 0.320 e. The number of aliphatic carboxylic acids is 1. The zero-order valence-corrected chi connectivity index (χ0v) is 11.7. The van der Waals surface area contributed by atoms with E-state index in [0.29, 0.717) is 5.25 Å². The van der Waals surface area contributed by atoms with Crippen LogP contribution in [0, 0.1) is 0 Å². The Morgan fingerprint density at radius 3 is 3.00 bits per heavy atom. The molecule has 2 aliphatic rings. The minimum atomic E-state index is -0.653. The minimum Gasteiger partial charge on any atom is -0.480 e. The lowest BCUT2D eigenvalue weighted by molar-refractivity contribution is -0.144. The highest BCUT2D eigenvalue weighted by molar-refractivity contribution is 8.00. The van der Waals surface area contributed by atoms with Crippen molar-refractivity contribution in [3.05, 3.63) is 29.8 Å². The van der Waals surface area contributed by atoms with Crippen molar-refractivity contribution in [2.75, 3.05) is 13.1 Å². The molecule has 3 nitrogen and oxygen atoms in total. The van der Waals surface area contributed by atoms with Gasteiger partial charge in [-0.05, 0) is 37.4 Å². The Morgan fingerprint density at radius 1 is 1.37 bits per heavy atom. The molecule has 2 unspecified atom stereocenters. The van der Waals surface area contributed by atoms with Crippen LogP contribution in [0.1, 0.15) is 24.8 Å². The van der Waals surface area contributed by atoms with Gasteiger partial charge in [-0.15, -0.1) is 11.8 Å². The van der Waals surface area contributed by atoms with E-state index in [-0.39, 0.29) is 6.04 Å². The summed E-state index contributed by atoms with van der Waals surface area (Å²) in [5, 5.41) is 9.82. The van der Waals surface area contributed by atoms with Crippen LogP contribution in [0.3, 0.4) is 0 Å². The molecule has 0 spiro atoms. The van der Waals surface area contributed by atoms with Gasteiger partial charge in [-0.2, -0.15) is 0 Å². The summed E-state index contributed by atoms with van der Waals surface area (Å²) in [4.78, 5) is 14.9. The Morgan fingerprint density at radius 2 is 2.21 bits per heavy atom. The average Bonchev–Trinajstić information content (AvgIpc) is 2.81. The van der Waals surface area contributed by atoms with Crippen LogP contribution in [-0.4, -0.2) is 40.4 Å². The lowest BCUT2D eigenvalue weighted by atomic mass is 10.0. The highest BCUT2D eigenvalue weighted by Gasteiger charge is 2.32. The van der Waals surface area contributed by atoms with E-state index in [0.717, 1.165) is 38.8 Å². The third-order valence-corrected chi connectivity index (χ3v) is 5.35. The molecule has 0 saturated carbocycles. The van der Waals surface area contributed by atoms with Gasteiger partial charge in [0.25, 0.3) is 0 Å². The third-order valence-electron chi connectivity index (χ3n) is 4.05. The standard InChI is InChI=1S/C15H19NO2S/c17-15(18)13-6-3-4-8-16(13)10-12-9-11-5-1-2-7-14(11)19-12/h1-2,5,7,12-13H,3-4,6,8-10H2,(H,17,18). The molecule has 1 aromatic rings. The number of carboxylic acid groups (broad SMARTS) is 1. The van der Waals surface area contributed by atoms with Crippen molar-refractivity contribution >= 4 is 17.7 Å². The number of carboxylic acids is 1. The molecular formula is C15H19NO2S. The van der Waals surface area contributed by atoms with Gasteiger partial charge in [0, 0.05) is 16.7 Å². The Hall–Kier alpha value is -1.00. The van der Waals surface area contributed by atoms with Gasteiger partial charge in [-0.3, -0.25) is 9.69 Å². The van der Waals surface area contributed by atoms with Gasteiger partial charge in [0.2, 0.25) is 0 Å². The van der Waals surface area contributed by atoms with Crippen molar-refractivity contribution in [2.24, 2.45) is 0 Å². The molecule has 0 bridgehead atoms. The third kappa shape index (κ3) is 2.79. The number of thioether (sulfide) groups is 1. The number of fused-ring (bicyclic) bond motifs is 1. The summed E-state index contributed by atoms with van der Waals surface area (Å²) in [6.45, 7) is 1.83. The highest BCUT2D eigenvalue weighted by Crippen LogP contribution is 2.37. The molecule has 2 atom stereocenters. The summed E-state index contributed by atoms with van der Waals surface area (Å²) in [6.07, 6.45) is 4.06. The van der Waals surface area contributed by atoms with E-state index < -0.39 is 5.97 Å². The van der Waals surface area contributed by atoms with Crippen LogP contribution >= 0.6 is 11.8 Å². The molecule has 19 heavy (non-hydrogen) atoms. The molecule has 0 aliphatic carbocycles. The first kappa shape index (κ1) is 13.0. The van der Waals surface area contributed by atoms with Crippen molar-refractivity contribution in [1.29, 1.82) is 0 Å². The van der Waals surface area contributed by atoms with Crippen molar-refractivity contribution < 1.29 is 9.90 Å². The van der Waals surface area contributed by atoms with E-state index in [4.69, 9.17) is 0 Å². The predicted molar refractivity (Wildman–Crippen MR) is 76.6 cm³/mol. The number of likely N-dealkylation sites (tertiary alicyclic amines) is 1. The minimum absolute atomic E-state index is 0.266. The Bertz CT molecular complexity index is 452. The number of benzene rings is 1. The molecule has 1 N–H and O–H groups in total.